The molecule has 1 aliphatic heterocycles. The molecule has 2 aliphatic rings. The number of nitrogens with one attached hydrogen (secondary N) is 1. The fraction of sp³-hybridized carbons (Fsp3) is 0.765. The quantitative estimate of drug-likeness (QED) is 0.908. The number of rotatable bonds is 5. The fourth-order valence-corrected chi connectivity index (χ4v) is 3.18. The summed E-state index contributed by atoms with van der Waals surface area (Å²) in [5, 5.41) is 6.96. The van der Waals surface area contributed by atoms with E-state index in [1.54, 1.807) is 0 Å². The molecule has 1 unspecified atom stereocenters. The van der Waals surface area contributed by atoms with Gasteiger partial charge >= 0.3 is 0 Å². The summed E-state index contributed by atoms with van der Waals surface area (Å²) in [6.45, 7) is 8.60. The van der Waals surface area contributed by atoms with E-state index in [1.807, 2.05) is 6.07 Å². The largest absolute Gasteiger partial charge is 0.338 e. The Balaban J connectivity index is 1.56. The standard InChI is InChI=1S/C17H27N3O2/c1-17(2,3)10-13-9-15(22-19-13)18-16(21)14-5-4-8-20(14)11-12-6-7-12/h9,12,14H,4-8,10-11H2,1-3H3,(H,18,21). The Bertz CT molecular complexity index is 528. The second-order valence-corrected chi connectivity index (χ2v) is 8.01. The molecule has 1 saturated carbocycles. The van der Waals surface area contributed by atoms with E-state index < -0.39 is 0 Å². The van der Waals surface area contributed by atoms with E-state index in [9.17, 15) is 4.79 Å². The molecule has 1 aromatic heterocycles. The summed E-state index contributed by atoms with van der Waals surface area (Å²) in [5.74, 6) is 1.34. The minimum Gasteiger partial charge on any atom is -0.338 e. The monoisotopic (exact) mass is 305 g/mol. The lowest BCUT2D eigenvalue weighted by Crippen LogP contribution is -2.40. The van der Waals surface area contributed by atoms with Crippen LogP contribution in [0.4, 0.5) is 5.88 Å². The maximum Gasteiger partial charge on any atom is 0.244 e. The number of likely N-dealkylation sites (tertiary alicyclic amines) is 1. The molecule has 2 fully saturated rings. The molecule has 22 heavy (non-hydrogen) atoms. The Labute approximate surface area is 132 Å². The van der Waals surface area contributed by atoms with Crippen molar-refractivity contribution in [2.24, 2.45) is 11.3 Å². The van der Waals surface area contributed by atoms with Crippen LogP contribution in [0.5, 0.6) is 0 Å². The van der Waals surface area contributed by atoms with Crippen LogP contribution < -0.4 is 5.32 Å². The highest BCUT2D eigenvalue weighted by atomic mass is 16.5. The molecule has 2 heterocycles. The molecule has 1 saturated heterocycles. The van der Waals surface area contributed by atoms with Gasteiger partial charge in [-0.05, 0) is 50.0 Å². The van der Waals surface area contributed by atoms with E-state index in [1.165, 1.54) is 12.8 Å². The minimum absolute atomic E-state index is 0.00299. The summed E-state index contributed by atoms with van der Waals surface area (Å²) in [7, 11) is 0. The van der Waals surface area contributed by atoms with Crippen LogP contribution in [0, 0.1) is 11.3 Å². The van der Waals surface area contributed by atoms with Crippen LogP contribution in [0.3, 0.4) is 0 Å². The van der Waals surface area contributed by atoms with E-state index in [4.69, 9.17) is 4.52 Å². The normalized spacial score (nSPS) is 23.0. The Morgan fingerprint density at radius 2 is 2.18 bits per heavy atom. The molecule has 3 rings (SSSR count). The molecule has 0 bridgehead atoms. The molecule has 1 aromatic rings. The lowest BCUT2D eigenvalue weighted by atomic mass is 9.91. The predicted molar refractivity (Wildman–Crippen MR) is 85.6 cm³/mol. The van der Waals surface area contributed by atoms with Crippen molar-refractivity contribution in [3.63, 3.8) is 0 Å². The first-order valence-corrected chi connectivity index (χ1v) is 8.41. The predicted octanol–water partition coefficient (Wildman–Crippen LogP) is 3.08. The number of carbonyl (C=O) groups excluding carboxylic acids is 1. The zero-order chi connectivity index (χ0) is 15.7. The second-order valence-electron chi connectivity index (χ2n) is 8.01. The third kappa shape index (κ3) is 4.09. The average molecular weight is 305 g/mol. The first kappa shape index (κ1) is 15.5. The van der Waals surface area contributed by atoms with Crippen LogP contribution in [0.1, 0.15) is 52.1 Å². The van der Waals surface area contributed by atoms with Crippen LogP contribution in [0.25, 0.3) is 0 Å². The summed E-state index contributed by atoms with van der Waals surface area (Å²) in [5.41, 5.74) is 1.05. The molecule has 1 aliphatic carbocycles. The van der Waals surface area contributed by atoms with Gasteiger partial charge in [-0.3, -0.25) is 15.0 Å². The van der Waals surface area contributed by atoms with Gasteiger partial charge in [0.25, 0.3) is 0 Å². The van der Waals surface area contributed by atoms with Crippen molar-refractivity contribution < 1.29 is 9.32 Å². The summed E-state index contributed by atoms with van der Waals surface area (Å²) in [4.78, 5) is 14.8. The van der Waals surface area contributed by atoms with Gasteiger partial charge in [-0.25, -0.2) is 0 Å². The van der Waals surface area contributed by atoms with Crippen LogP contribution in [-0.2, 0) is 11.2 Å². The zero-order valence-electron chi connectivity index (χ0n) is 13.9. The van der Waals surface area contributed by atoms with Gasteiger partial charge in [-0.15, -0.1) is 0 Å². The first-order valence-electron chi connectivity index (χ1n) is 8.41. The van der Waals surface area contributed by atoms with E-state index >= 15 is 0 Å². The molecule has 0 spiro atoms. The van der Waals surface area contributed by atoms with Crippen molar-refractivity contribution in [2.75, 3.05) is 18.4 Å². The fourth-order valence-electron chi connectivity index (χ4n) is 3.18. The van der Waals surface area contributed by atoms with Crippen molar-refractivity contribution >= 4 is 11.8 Å². The second kappa shape index (κ2) is 6.03. The van der Waals surface area contributed by atoms with E-state index in [-0.39, 0.29) is 17.4 Å². The summed E-state index contributed by atoms with van der Waals surface area (Å²) in [6.07, 6.45) is 5.54. The highest BCUT2D eigenvalue weighted by Crippen LogP contribution is 2.32. The number of anilines is 1. The van der Waals surface area contributed by atoms with E-state index in [2.05, 4.69) is 36.1 Å². The molecule has 122 valence electrons. The third-order valence-corrected chi connectivity index (χ3v) is 4.37. The number of hydrogen-bond donors (Lipinski definition) is 1. The highest BCUT2D eigenvalue weighted by Gasteiger charge is 2.35. The number of nitrogens with zero attached hydrogens (tertiary/aromatic N) is 2. The van der Waals surface area contributed by atoms with Gasteiger partial charge in [-0.1, -0.05) is 25.9 Å². The first-order chi connectivity index (χ1) is 10.4. The third-order valence-electron chi connectivity index (χ3n) is 4.37. The lowest BCUT2D eigenvalue weighted by Gasteiger charge is -2.22. The molecule has 0 aromatic carbocycles. The number of amides is 1. The molecule has 1 atom stereocenters. The van der Waals surface area contributed by atoms with Gasteiger partial charge in [0.15, 0.2) is 0 Å². The van der Waals surface area contributed by atoms with Gasteiger partial charge in [0, 0.05) is 12.6 Å². The molecule has 5 heteroatoms. The Morgan fingerprint density at radius 3 is 2.86 bits per heavy atom. The number of carbonyl (C=O) groups is 1. The number of aromatic nitrogens is 1. The summed E-state index contributed by atoms with van der Waals surface area (Å²) >= 11 is 0. The SMILES string of the molecule is CC(C)(C)Cc1cc(NC(=O)C2CCCN2CC2CC2)on1. The Morgan fingerprint density at radius 1 is 1.41 bits per heavy atom. The van der Waals surface area contributed by atoms with Gasteiger partial charge in [0.1, 0.15) is 0 Å². The Kier molecular flexibility index (Phi) is 4.26. The van der Waals surface area contributed by atoms with Crippen LogP contribution in [0.2, 0.25) is 0 Å². The maximum absolute atomic E-state index is 12.5. The highest BCUT2D eigenvalue weighted by molar-refractivity contribution is 5.93. The van der Waals surface area contributed by atoms with Gasteiger partial charge in [0.05, 0.1) is 11.7 Å². The molecular weight excluding hydrogens is 278 g/mol. The molecule has 1 N–H and O–H groups in total. The Hall–Kier alpha value is -1.36. The van der Waals surface area contributed by atoms with E-state index in [0.717, 1.165) is 44.0 Å². The van der Waals surface area contributed by atoms with Crippen molar-refractivity contribution in [3.05, 3.63) is 11.8 Å². The van der Waals surface area contributed by atoms with Gasteiger partial charge in [0.2, 0.25) is 11.8 Å². The van der Waals surface area contributed by atoms with Crippen molar-refractivity contribution in [3.8, 4) is 0 Å². The van der Waals surface area contributed by atoms with Gasteiger partial charge < -0.3 is 4.52 Å². The zero-order valence-corrected chi connectivity index (χ0v) is 13.9. The minimum atomic E-state index is -0.00299. The van der Waals surface area contributed by atoms with Crippen molar-refractivity contribution in [1.82, 2.24) is 10.1 Å². The molecule has 5 nitrogen and oxygen atoms in total. The molecule has 0 radical (unpaired) electrons. The lowest BCUT2D eigenvalue weighted by molar-refractivity contribution is -0.120. The average Bonchev–Trinajstić information content (AvgIpc) is 2.92. The topological polar surface area (TPSA) is 58.4 Å². The summed E-state index contributed by atoms with van der Waals surface area (Å²) in [6, 6.07) is 1.85. The van der Waals surface area contributed by atoms with Crippen LogP contribution >= 0.6 is 0 Å². The van der Waals surface area contributed by atoms with Crippen LogP contribution in [-0.4, -0.2) is 35.1 Å². The molecular formula is C17H27N3O2. The van der Waals surface area contributed by atoms with E-state index in [0.29, 0.717) is 5.88 Å². The van der Waals surface area contributed by atoms with Gasteiger partial charge in [-0.2, -0.15) is 0 Å². The number of hydrogen-bond acceptors (Lipinski definition) is 4. The maximum atomic E-state index is 12.5. The van der Waals surface area contributed by atoms with Crippen molar-refractivity contribution in [1.29, 1.82) is 0 Å². The smallest absolute Gasteiger partial charge is 0.244 e. The molecule has 1 amide bonds. The summed E-state index contributed by atoms with van der Waals surface area (Å²) < 4.78 is 5.27. The van der Waals surface area contributed by atoms with Crippen LogP contribution in [0.15, 0.2) is 10.6 Å². The van der Waals surface area contributed by atoms with Crippen molar-refractivity contribution in [2.45, 2.75) is 58.9 Å².